The lowest BCUT2D eigenvalue weighted by atomic mass is 9.96. The van der Waals surface area contributed by atoms with E-state index < -0.39 is 0 Å². The molecule has 1 fully saturated rings. The van der Waals surface area contributed by atoms with E-state index in [-0.39, 0.29) is 11.8 Å². The van der Waals surface area contributed by atoms with Crippen molar-refractivity contribution in [1.29, 1.82) is 0 Å². The summed E-state index contributed by atoms with van der Waals surface area (Å²) in [6.07, 6.45) is 3.22. The third kappa shape index (κ3) is 4.29. The van der Waals surface area contributed by atoms with E-state index in [0.717, 1.165) is 49.2 Å². The number of carbonyl (C=O) groups excluding carboxylic acids is 1. The maximum atomic E-state index is 12.3. The van der Waals surface area contributed by atoms with Gasteiger partial charge < -0.3 is 19.5 Å². The number of hydrogen-bond acceptors (Lipinski definition) is 6. The van der Waals surface area contributed by atoms with Crippen LogP contribution >= 0.6 is 0 Å². The fourth-order valence-electron chi connectivity index (χ4n) is 2.98. The molecule has 0 radical (unpaired) electrons. The number of aromatic nitrogens is 2. The molecule has 0 saturated carbocycles. The molecule has 1 aliphatic rings. The second-order valence-corrected chi connectivity index (χ2v) is 6.62. The Morgan fingerprint density at radius 1 is 1.36 bits per heavy atom. The van der Waals surface area contributed by atoms with Gasteiger partial charge in [0.2, 0.25) is 11.9 Å². The molecular formula is C18H25N5O2. The van der Waals surface area contributed by atoms with Gasteiger partial charge in [0.05, 0.1) is 12.8 Å². The van der Waals surface area contributed by atoms with Gasteiger partial charge in [-0.1, -0.05) is 0 Å². The molecule has 7 nitrogen and oxygen atoms in total. The highest BCUT2D eigenvalue weighted by molar-refractivity contribution is 5.78. The van der Waals surface area contributed by atoms with Gasteiger partial charge >= 0.3 is 0 Å². The monoisotopic (exact) mass is 343 g/mol. The highest BCUT2D eigenvalue weighted by atomic mass is 16.3. The first kappa shape index (κ1) is 17.3. The van der Waals surface area contributed by atoms with Crippen LogP contribution in [0.3, 0.4) is 0 Å². The Bertz CT molecular complexity index is 706. The second kappa shape index (κ2) is 7.55. The lowest BCUT2D eigenvalue weighted by molar-refractivity contribution is -0.125. The molecule has 7 heteroatoms. The first-order valence-electron chi connectivity index (χ1n) is 8.61. The molecule has 0 aliphatic carbocycles. The van der Waals surface area contributed by atoms with Crippen LogP contribution in [0, 0.1) is 12.8 Å². The molecule has 0 spiro atoms. The number of nitrogens with zero attached hydrogens (tertiary/aromatic N) is 4. The van der Waals surface area contributed by atoms with Crippen molar-refractivity contribution in [2.75, 3.05) is 37.0 Å². The fourth-order valence-corrected chi connectivity index (χ4v) is 2.98. The van der Waals surface area contributed by atoms with Crippen molar-refractivity contribution in [3.63, 3.8) is 0 Å². The minimum absolute atomic E-state index is 0.0318. The first-order valence-corrected chi connectivity index (χ1v) is 8.61. The summed E-state index contributed by atoms with van der Waals surface area (Å²) in [5.41, 5.74) is 0.951. The number of piperidine rings is 1. The van der Waals surface area contributed by atoms with Crippen LogP contribution in [0.1, 0.15) is 24.3 Å². The van der Waals surface area contributed by atoms with Gasteiger partial charge in [-0.05, 0) is 31.9 Å². The number of carbonyl (C=O) groups is 1. The molecule has 25 heavy (non-hydrogen) atoms. The molecule has 1 aliphatic heterocycles. The van der Waals surface area contributed by atoms with Crippen LogP contribution in [-0.4, -0.2) is 43.1 Å². The van der Waals surface area contributed by atoms with Crippen molar-refractivity contribution in [3.05, 3.63) is 35.9 Å². The van der Waals surface area contributed by atoms with Gasteiger partial charge in [0.25, 0.3) is 0 Å². The van der Waals surface area contributed by atoms with Crippen LogP contribution in [-0.2, 0) is 11.3 Å². The summed E-state index contributed by atoms with van der Waals surface area (Å²) in [6.45, 7) is 4.00. The summed E-state index contributed by atoms with van der Waals surface area (Å²) in [5.74, 6) is 2.55. The van der Waals surface area contributed by atoms with Crippen molar-refractivity contribution < 1.29 is 9.21 Å². The molecule has 1 amide bonds. The van der Waals surface area contributed by atoms with Gasteiger partial charge in [0, 0.05) is 44.9 Å². The number of rotatable bonds is 5. The van der Waals surface area contributed by atoms with Crippen LogP contribution in [0.4, 0.5) is 11.8 Å². The predicted octanol–water partition coefficient (Wildman–Crippen LogP) is 1.98. The maximum Gasteiger partial charge on any atom is 0.227 e. The minimum Gasteiger partial charge on any atom is -0.467 e. The van der Waals surface area contributed by atoms with Crippen molar-refractivity contribution in [3.8, 4) is 0 Å². The molecule has 134 valence electrons. The number of hydrogen-bond donors (Lipinski definition) is 1. The average molecular weight is 343 g/mol. The largest absolute Gasteiger partial charge is 0.467 e. The number of nitrogens with one attached hydrogen (secondary N) is 1. The van der Waals surface area contributed by atoms with Gasteiger partial charge in [-0.3, -0.25) is 4.79 Å². The zero-order valence-electron chi connectivity index (χ0n) is 15.0. The molecule has 3 heterocycles. The predicted molar refractivity (Wildman–Crippen MR) is 96.6 cm³/mol. The van der Waals surface area contributed by atoms with E-state index in [1.807, 2.05) is 44.1 Å². The van der Waals surface area contributed by atoms with Crippen molar-refractivity contribution >= 4 is 17.7 Å². The molecule has 0 unspecified atom stereocenters. The number of furan rings is 1. The quantitative estimate of drug-likeness (QED) is 0.895. The third-order valence-corrected chi connectivity index (χ3v) is 4.45. The zero-order chi connectivity index (χ0) is 17.8. The second-order valence-electron chi connectivity index (χ2n) is 6.62. The highest BCUT2D eigenvalue weighted by Gasteiger charge is 2.26. The van der Waals surface area contributed by atoms with Crippen molar-refractivity contribution in [2.45, 2.75) is 26.3 Å². The molecule has 2 aromatic heterocycles. The normalized spacial score (nSPS) is 15.2. The Morgan fingerprint density at radius 3 is 2.76 bits per heavy atom. The van der Waals surface area contributed by atoms with Gasteiger partial charge in [-0.15, -0.1) is 0 Å². The van der Waals surface area contributed by atoms with Crippen molar-refractivity contribution in [2.24, 2.45) is 5.92 Å². The molecule has 0 bridgehead atoms. The summed E-state index contributed by atoms with van der Waals surface area (Å²) in [6, 6.07) is 5.66. The SMILES string of the molecule is Cc1cc(N(C)C)nc(N2CCC(C(=O)NCc3ccco3)CC2)n1. The van der Waals surface area contributed by atoms with E-state index in [9.17, 15) is 4.79 Å². The van der Waals surface area contributed by atoms with E-state index in [1.165, 1.54) is 0 Å². The Kier molecular flexibility index (Phi) is 5.21. The lowest BCUT2D eigenvalue weighted by Gasteiger charge is -2.31. The highest BCUT2D eigenvalue weighted by Crippen LogP contribution is 2.23. The van der Waals surface area contributed by atoms with Crippen LogP contribution in [0.25, 0.3) is 0 Å². The molecule has 1 N–H and O–H groups in total. The molecule has 0 aromatic carbocycles. The van der Waals surface area contributed by atoms with Gasteiger partial charge in [0.1, 0.15) is 11.6 Å². The van der Waals surface area contributed by atoms with E-state index in [2.05, 4.69) is 20.2 Å². The smallest absolute Gasteiger partial charge is 0.227 e. The Morgan fingerprint density at radius 2 is 2.12 bits per heavy atom. The lowest BCUT2D eigenvalue weighted by Crippen LogP contribution is -2.41. The van der Waals surface area contributed by atoms with Crippen LogP contribution in [0.2, 0.25) is 0 Å². The van der Waals surface area contributed by atoms with Gasteiger partial charge in [-0.25, -0.2) is 4.98 Å². The molecule has 2 aromatic rings. The van der Waals surface area contributed by atoms with Crippen molar-refractivity contribution in [1.82, 2.24) is 15.3 Å². The molecular weight excluding hydrogens is 318 g/mol. The zero-order valence-corrected chi connectivity index (χ0v) is 15.0. The van der Waals surface area contributed by atoms with E-state index in [4.69, 9.17) is 4.42 Å². The number of anilines is 2. The maximum absolute atomic E-state index is 12.3. The summed E-state index contributed by atoms with van der Waals surface area (Å²) >= 11 is 0. The number of aryl methyl sites for hydroxylation is 1. The molecule has 0 atom stereocenters. The molecule has 1 saturated heterocycles. The standard InChI is InChI=1S/C18H25N5O2/c1-13-11-16(22(2)3)21-18(20-13)23-8-6-14(7-9-23)17(24)19-12-15-5-4-10-25-15/h4-5,10-11,14H,6-9,12H2,1-3H3,(H,19,24). The van der Waals surface area contributed by atoms with E-state index in [0.29, 0.717) is 6.54 Å². The summed E-state index contributed by atoms with van der Waals surface area (Å²) in [5, 5.41) is 2.95. The Balaban J connectivity index is 1.55. The minimum atomic E-state index is 0.0318. The number of amides is 1. The summed E-state index contributed by atoms with van der Waals surface area (Å²) in [4.78, 5) is 25.6. The van der Waals surface area contributed by atoms with Crippen LogP contribution in [0.15, 0.2) is 28.9 Å². The van der Waals surface area contributed by atoms with E-state index >= 15 is 0 Å². The fraction of sp³-hybridized carbons (Fsp3) is 0.500. The van der Waals surface area contributed by atoms with E-state index in [1.54, 1.807) is 6.26 Å². The van der Waals surface area contributed by atoms with Gasteiger partial charge in [0.15, 0.2) is 0 Å². The summed E-state index contributed by atoms with van der Waals surface area (Å²) < 4.78 is 5.24. The topological polar surface area (TPSA) is 74.5 Å². The van der Waals surface area contributed by atoms with Crippen LogP contribution in [0.5, 0.6) is 0 Å². The Hall–Kier alpha value is -2.57. The third-order valence-electron chi connectivity index (χ3n) is 4.45. The Labute approximate surface area is 148 Å². The molecule has 3 rings (SSSR count). The van der Waals surface area contributed by atoms with Gasteiger partial charge in [-0.2, -0.15) is 4.98 Å². The summed E-state index contributed by atoms with van der Waals surface area (Å²) in [7, 11) is 3.95. The first-order chi connectivity index (χ1) is 12.0. The van der Waals surface area contributed by atoms with Crippen LogP contribution < -0.4 is 15.1 Å². The average Bonchev–Trinajstić information content (AvgIpc) is 3.13.